The molecule has 18 heavy (non-hydrogen) atoms. The molecule has 102 valence electrons. The van der Waals surface area contributed by atoms with E-state index in [0.29, 0.717) is 25.2 Å². The first-order valence-electron chi connectivity index (χ1n) is 6.01. The van der Waals surface area contributed by atoms with Crippen molar-refractivity contribution in [2.45, 2.75) is 20.3 Å². The minimum absolute atomic E-state index is 0.0878. The number of nitrogens with one attached hydrogen (secondary N) is 1. The van der Waals surface area contributed by atoms with Crippen molar-refractivity contribution in [2.75, 3.05) is 24.4 Å². The van der Waals surface area contributed by atoms with Gasteiger partial charge >= 0.3 is 10.2 Å². The van der Waals surface area contributed by atoms with Gasteiger partial charge in [0.1, 0.15) is 0 Å². The van der Waals surface area contributed by atoms with E-state index >= 15 is 0 Å². The van der Waals surface area contributed by atoms with Gasteiger partial charge in [-0.15, -0.1) is 0 Å². The molecule has 1 aromatic rings. The summed E-state index contributed by atoms with van der Waals surface area (Å²) in [6, 6.07) is 7.00. The summed E-state index contributed by atoms with van der Waals surface area (Å²) in [6.07, 6.45) is 0.572. The second-order valence-electron chi connectivity index (χ2n) is 3.86. The number of rotatable bonds is 7. The van der Waals surface area contributed by atoms with Gasteiger partial charge in [0, 0.05) is 25.4 Å². The van der Waals surface area contributed by atoms with E-state index in [1.165, 1.54) is 4.31 Å². The zero-order valence-corrected chi connectivity index (χ0v) is 11.6. The van der Waals surface area contributed by atoms with Crippen LogP contribution >= 0.6 is 0 Å². The molecule has 0 amide bonds. The molecule has 0 heterocycles. The molecule has 0 atom stereocenters. The standard InChI is InChI=1S/C12H20N2O3S/c1-3-14(4-2)18(16,17)13-12-7-5-11(6-8-12)9-10-15/h5-8,13,15H,3-4,9-10H2,1-2H3. The average Bonchev–Trinajstić information content (AvgIpc) is 2.33. The van der Waals surface area contributed by atoms with Gasteiger partial charge in [0.15, 0.2) is 0 Å². The van der Waals surface area contributed by atoms with Crippen LogP contribution in [0.2, 0.25) is 0 Å². The molecule has 0 aromatic heterocycles. The molecule has 0 radical (unpaired) electrons. The lowest BCUT2D eigenvalue weighted by atomic mass is 10.1. The lowest BCUT2D eigenvalue weighted by Crippen LogP contribution is -2.35. The molecule has 0 saturated heterocycles. The van der Waals surface area contributed by atoms with Gasteiger partial charge in [-0.2, -0.15) is 12.7 Å². The van der Waals surface area contributed by atoms with E-state index in [1.54, 1.807) is 38.1 Å². The highest BCUT2D eigenvalue weighted by molar-refractivity contribution is 7.90. The van der Waals surface area contributed by atoms with E-state index in [4.69, 9.17) is 5.11 Å². The average molecular weight is 272 g/mol. The van der Waals surface area contributed by atoms with E-state index in [1.807, 2.05) is 0 Å². The number of aliphatic hydroxyl groups is 1. The van der Waals surface area contributed by atoms with Gasteiger partial charge in [0.05, 0.1) is 0 Å². The third-order valence-electron chi connectivity index (χ3n) is 2.65. The Morgan fingerprint density at radius 3 is 2.17 bits per heavy atom. The summed E-state index contributed by atoms with van der Waals surface area (Å²) in [4.78, 5) is 0. The molecule has 0 aliphatic heterocycles. The summed E-state index contributed by atoms with van der Waals surface area (Å²) in [5.74, 6) is 0. The van der Waals surface area contributed by atoms with Crippen LogP contribution < -0.4 is 4.72 Å². The second kappa shape index (κ2) is 6.72. The second-order valence-corrected chi connectivity index (χ2v) is 5.53. The monoisotopic (exact) mass is 272 g/mol. The number of anilines is 1. The Kier molecular flexibility index (Phi) is 5.58. The molecular formula is C12H20N2O3S. The van der Waals surface area contributed by atoms with Crippen LogP contribution in [0, 0.1) is 0 Å². The Labute approximate surface area is 109 Å². The van der Waals surface area contributed by atoms with Crippen molar-refractivity contribution in [1.82, 2.24) is 4.31 Å². The van der Waals surface area contributed by atoms with Crippen LogP contribution in [-0.2, 0) is 16.6 Å². The molecule has 2 N–H and O–H groups in total. The van der Waals surface area contributed by atoms with Crippen LogP contribution in [0.4, 0.5) is 5.69 Å². The van der Waals surface area contributed by atoms with Crippen LogP contribution in [0.15, 0.2) is 24.3 Å². The fourth-order valence-corrected chi connectivity index (χ4v) is 2.89. The molecule has 1 aromatic carbocycles. The summed E-state index contributed by atoms with van der Waals surface area (Å²) in [7, 11) is -3.47. The van der Waals surface area contributed by atoms with Crippen molar-refractivity contribution in [1.29, 1.82) is 0 Å². The van der Waals surface area contributed by atoms with E-state index in [0.717, 1.165) is 5.56 Å². The van der Waals surface area contributed by atoms with Gasteiger partial charge in [0.2, 0.25) is 0 Å². The maximum Gasteiger partial charge on any atom is 0.301 e. The number of aliphatic hydroxyl groups excluding tert-OH is 1. The number of nitrogens with zero attached hydrogens (tertiary/aromatic N) is 1. The predicted octanol–water partition coefficient (Wildman–Crippen LogP) is 1.22. The number of benzene rings is 1. The van der Waals surface area contributed by atoms with Crippen molar-refractivity contribution in [2.24, 2.45) is 0 Å². The van der Waals surface area contributed by atoms with Crippen molar-refractivity contribution in [3.05, 3.63) is 29.8 Å². The Morgan fingerprint density at radius 2 is 1.72 bits per heavy atom. The zero-order valence-electron chi connectivity index (χ0n) is 10.8. The smallest absolute Gasteiger partial charge is 0.301 e. The minimum atomic E-state index is -3.47. The lowest BCUT2D eigenvalue weighted by Gasteiger charge is -2.19. The van der Waals surface area contributed by atoms with Crippen molar-refractivity contribution in [3.63, 3.8) is 0 Å². The fraction of sp³-hybridized carbons (Fsp3) is 0.500. The zero-order chi connectivity index (χ0) is 13.6. The molecule has 0 saturated carbocycles. The Bertz CT molecular complexity index is 453. The Hall–Kier alpha value is -1.11. The predicted molar refractivity (Wildman–Crippen MR) is 72.7 cm³/mol. The molecule has 0 aliphatic rings. The van der Waals surface area contributed by atoms with Gasteiger partial charge < -0.3 is 5.11 Å². The normalized spacial score (nSPS) is 11.8. The molecular weight excluding hydrogens is 252 g/mol. The molecule has 1 rings (SSSR count). The van der Waals surface area contributed by atoms with Crippen molar-refractivity contribution >= 4 is 15.9 Å². The van der Waals surface area contributed by atoms with Gasteiger partial charge in [-0.05, 0) is 24.1 Å². The van der Waals surface area contributed by atoms with Gasteiger partial charge in [-0.1, -0.05) is 26.0 Å². The third-order valence-corrected chi connectivity index (χ3v) is 4.34. The molecule has 5 nitrogen and oxygen atoms in total. The van der Waals surface area contributed by atoms with Gasteiger partial charge in [-0.25, -0.2) is 0 Å². The van der Waals surface area contributed by atoms with E-state index in [2.05, 4.69) is 4.72 Å². The van der Waals surface area contributed by atoms with Crippen molar-refractivity contribution < 1.29 is 13.5 Å². The van der Waals surface area contributed by atoms with E-state index in [-0.39, 0.29) is 6.61 Å². The van der Waals surface area contributed by atoms with E-state index in [9.17, 15) is 8.42 Å². The first-order valence-corrected chi connectivity index (χ1v) is 7.45. The summed E-state index contributed by atoms with van der Waals surface area (Å²) in [5.41, 5.74) is 1.51. The highest BCUT2D eigenvalue weighted by Crippen LogP contribution is 2.13. The summed E-state index contributed by atoms with van der Waals surface area (Å²) < 4.78 is 27.8. The Balaban J connectivity index is 2.78. The molecule has 0 fully saturated rings. The maximum absolute atomic E-state index is 11.9. The van der Waals surface area contributed by atoms with Crippen LogP contribution in [-0.4, -0.2) is 37.5 Å². The minimum Gasteiger partial charge on any atom is -0.396 e. The molecule has 6 heteroatoms. The van der Waals surface area contributed by atoms with Crippen molar-refractivity contribution in [3.8, 4) is 0 Å². The largest absolute Gasteiger partial charge is 0.396 e. The summed E-state index contributed by atoms with van der Waals surface area (Å²) in [6.45, 7) is 4.56. The van der Waals surface area contributed by atoms with E-state index < -0.39 is 10.2 Å². The van der Waals surface area contributed by atoms with Crippen LogP contribution in [0.1, 0.15) is 19.4 Å². The topological polar surface area (TPSA) is 69.6 Å². The number of hydrogen-bond donors (Lipinski definition) is 2. The first-order chi connectivity index (χ1) is 8.53. The molecule has 0 unspecified atom stereocenters. The highest BCUT2D eigenvalue weighted by atomic mass is 32.2. The molecule has 0 spiro atoms. The van der Waals surface area contributed by atoms with Crippen LogP contribution in [0.5, 0.6) is 0 Å². The lowest BCUT2D eigenvalue weighted by molar-refractivity contribution is 0.299. The maximum atomic E-state index is 11.9. The third kappa shape index (κ3) is 3.97. The first kappa shape index (κ1) is 14.9. The molecule has 0 bridgehead atoms. The highest BCUT2D eigenvalue weighted by Gasteiger charge is 2.17. The Morgan fingerprint density at radius 1 is 1.17 bits per heavy atom. The van der Waals surface area contributed by atoms with Gasteiger partial charge in [-0.3, -0.25) is 4.72 Å². The van der Waals surface area contributed by atoms with Crippen LogP contribution in [0.3, 0.4) is 0 Å². The summed E-state index contributed by atoms with van der Waals surface area (Å²) in [5, 5.41) is 8.79. The summed E-state index contributed by atoms with van der Waals surface area (Å²) >= 11 is 0. The fourth-order valence-electron chi connectivity index (χ4n) is 1.65. The number of hydrogen-bond acceptors (Lipinski definition) is 3. The van der Waals surface area contributed by atoms with Gasteiger partial charge in [0.25, 0.3) is 0 Å². The molecule has 0 aliphatic carbocycles. The SMILES string of the molecule is CCN(CC)S(=O)(=O)Nc1ccc(CCO)cc1. The van der Waals surface area contributed by atoms with Crippen LogP contribution in [0.25, 0.3) is 0 Å². The quantitative estimate of drug-likeness (QED) is 0.784.